The number of hydrogen-bond donors (Lipinski definition) is 0. The average Bonchev–Trinajstić information content (AvgIpc) is 2.37. The summed E-state index contributed by atoms with van der Waals surface area (Å²) in [5, 5.41) is 0.574. The summed E-state index contributed by atoms with van der Waals surface area (Å²) in [5.74, 6) is -1.30. The normalized spacial score (nSPS) is 10.2. The number of ether oxygens (including phenoxy) is 1. The summed E-state index contributed by atoms with van der Waals surface area (Å²) in [6.45, 7) is 0. The monoisotopic (exact) mass is 264 g/mol. The minimum Gasteiger partial charge on any atom is -0.465 e. The third-order valence-corrected chi connectivity index (χ3v) is 2.77. The second-order valence-corrected chi connectivity index (χ2v) is 4.13. The molecule has 18 heavy (non-hydrogen) atoms. The minimum absolute atomic E-state index is 0.0803. The van der Waals surface area contributed by atoms with Crippen LogP contribution in [0.4, 0.5) is 4.39 Å². The van der Waals surface area contributed by atoms with Gasteiger partial charge in [-0.2, -0.15) is 0 Å². The van der Waals surface area contributed by atoms with E-state index in [4.69, 9.17) is 11.6 Å². The van der Waals surface area contributed by atoms with Crippen LogP contribution < -0.4 is 0 Å². The molecule has 92 valence electrons. The highest BCUT2D eigenvalue weighted by molar-refractivity contribution is 6.30. The van der Waals surface area contributed by atoms with Gasteiger partial charge in [0.2, 0.25) is 0 Å². The van der Waals surface area contributed by atoms with Crippen LogP contribution in [0.15, 0.2) is 42.5 Å². The molecule has 0 N–H and O–H groups in total. The van der Waals surface area contributed by atoms with Gasteiger partial charge in [-0.3, -0.25) is 0 Å². The van der Waals surface area contributed by atoms with Gasteiger partial charge in [0, 0.05) is 5.02 Å². The lowest BCUT2D eigenvalue weighted by molar-refractivity contribution is 0.0595. The molecule has 0 aliphatic heterocycles. The summed E-state index contributed by atoms with van der Waals surface area (Å²) in [5.41, 5.74) is 1.36. The highest BCUT2D eigenvalue weighted by Gasteiger charge is 2.12. The average molecular weight is 265 g/mol. The van der Waals surface area contributed by atoms with Crippen molar-refractivity contribution in [3.63, 3.8) is 0 Å². The standard InChI is InChI=1S/C14H10ClFO2/c1-18-14(17)12-6-5-10(8-13(12)16)9-3-2-4-11(15)7-9/h2-8H,1H3. The van der Waals surface area contributed by atoms with E-state index in [0.717, 1.165) is 5.56 Å². The Morgan fingerprint density at radius 3 is 2.50 bits per heavy atom. The molecule has 0 heterocycles. The Kier molecular flexibility index (Phi) is 3.63. The Labute approximate surface area is 109 Å². The van der Waals surface area contributed by atoms with Gasteiger partial charge >= 0.3 is 5.97 Å². The molecule has 0 bridgehead atoms. The molecular formula is C14H10ClFO2. The van der Waals surface area contributed by atoms with Crippen LogP contribution in [-0.4, -0.2) is 13.1 Å². The zero-order chi connectivity index (χ0) is 13.1. The SMILES string of the molecule is COC(=O)c1ccc(-c2cccc(Cl)c2)cc1F. The predicted molar refractivity (Wildman–Crippen MR) is 68.2 cm³/mol. The van der Waals surface area contributed by atoms with Gasteiger partial charge in [-0.15, -0.1) is 0 Å². The highest BCUT2D eigenvalue weighted by Crippen LogP contribution is 2.24. The topological polar surface area (TPSA) is 26.3 Å². The number of benzene rings is 2. The Hall–Kier alpha value is -1.87. The van der Waals surface area contributed by atoms with E-state index >= 15 is 0 Å². The Balaban J connectivity index is 2.43. The molecule has 0 aliphatic carbocycles. The molecule has 0 saturated carbocycles. The van der Waals surface area contributed by atoms with Gasteiger partial charge in [0.05, 0.1) is 12.7 Å². The maximum Gasteiger partial charge on any atom is 0.340 e. The molecule has 0 spiro atoms. The minimum atomic E-state index is -0.690. The first kappa shape index (κ1) is 12.6. The number of carbonyl (C=O) groups is 1. The second kappa shape index (κ2) is 5.19. The van der Waals surface area contributed by atoms with Crippen molar-refractivity contribution in [2.45, 2.75) is 0 Å². The molecule has 0 saturated heterocycles. The van der Waals surface area contributed by atoms with Crippen LogP contribution in [0.25, 0.3) is 11.1 Å². The van der Waals surface area contributed by atoms with E-state index in [1.54, 1.807) is 24.3 Å². The van der Waals surface area contributed by atoms with Gasteiger partial charge in [0.25, 0.3) is 0 Å². The first-order valence-electron chi connectivity index (χ1n) is 5.25. The van der Waals surface area contributed by atoms with E-state index in [1.807, 2.05) is 6.07 Å². The van der Waals surface area contributed by atoms with Crippen molar-refractivity contribution in [2.75, 3.05) is 7.11 Å². The van der Waals surface area contributed by atoms with Crippen LogP contribution in [-0.2, 0) is 4.74 Å². The number of carbonyl (C=O) groups excluding carboxylic acids is 1. The molecule has 0 fully saturated rings. The molecule has 0 aromatic heterocycles. The fourth-order valence-electron chi connectivity index (χ4n) is 1.64. The number of halogens is 2. The van der Waals surface area contributed by atoms with E-state index in [-0.39, 0.29) is 5.56 Å². The quantitative estimate of drug-likeness (QED) is 0.768. The van der Waals surface area contributed by atoms with E-state index in [9.17, 15) is 9.18 Å². The summed E-state index contributed by atoms with van der Waals surface area (Å²) in [6.07, 6.45) is 0. The molecule has 0 unspecified atom stereocenters. The van der Waals surface area contributed by atoms with Gasteiger partial charge in [0.1, 0.15) is 5.82 Å². The van der Waals surface area contributed by atoms with Gasteiger partial charge in [-0.25, -0.2) is 9.18 Å². The molecule has 0 atom stereocenters. The Morgan fingerprint density at radius 1 is 1.17 bits per heavy atom. The van der Waals surface area contributed by atoms with Crippen LogP contribution >= 0.6 is 11.6 Å². The Bertz CT molecular complexity index is 596. The number of hydrogen-bond acceptors (Lipinski definition) is 2. The van der Waals surface area contributed by atoms with Crippen LogP contribution in [0.1, 0.15) is 10.4 Å². The van der Waals surface area contributed by atoms with E-state index < -0.39 is 11.8 Å². The smallest absolute Gasteiger partial charge is 0.340 e. The van der Waals surface area contributed by atoms with Gasteiger partial charge in [-0.05, 0) is 35.4 Å². The summed E-state index contributed by atoms with van der Waals surface area (Å²) < 4.78 is 18.2. The zero-order valence-electron chi connectivity index (χ0n) is 9.61. The van der Waals surface area contributed by atoms with E-state index in [2.05, 4.69) is 4.74 Å². The van der Waals surface area contributed by atoms with Crippen LogP contribution in [0, 0.1) is 5.82 Å². The molecule has 2 aromatic carbocycles. The summed E-state index contributed by atoms with van der Waals surface area (Å²) in [7, 11) is 1.21. The first-order valence-corrected chi connectivity index (χ1v) is 5.63. The van der Waals surface area contributed by atoms with Gasteiger partial charge in [0.15, 0.2) is 0 Å². The van der Waals surface area contributed by atoms with E-state index in [0.29, 0.717) is 10.6 Å². The van der Waals surface area contributed by atoms with Crippen molar-refractivity contribution >= 4 is 17.6 Å². The van der Waals surface area contributed by atoms with Crippen LogP contribution in [0.2, 0.25) is 5.02 Å². The molecule has 2 aromatic rings. The van der Waals surface area contributed by atoms with E-state index in [1.165, 1.54) is 19.2 Å². The molecule has 0 radical (unpaired) electrons. The van der Waals surface area contributed by atoms with Crippen molar-refractivity contribution in [3.8, 4) is 11.1 Å². The lowest BCUT2D eigenvalue weighted by Crippen LogP contribution is -2.04. The van der Waals surface area contributed by atoms with Crippen molar-refractivity contribution in [1.29, 1.82) is 0 Å². The summed E-state index contributed by atoms with van der Waals surface area (Å²) in [6, 6.07) is 11.4. The number of rotatable bonds is 2. The molecule has 0 aliphatic rings. The van der Waals surface area contributed by atoms with Crippen LogP contribution in [0.5, 0.6) is 0 Å². The number of methoxy groups -OCH3 is 1. The van der Waals surface area contributed by atoms with Crippen molar-refractivity contribution in [2.24, 2.45) is 0 Å². The molecule has 2 nitrogen and oxygen atoms in total. The lowest BCUT2D eigenvalue weighted by Gasteiger charge is -2.05. The van der Waals surface area contributed by atoms with Gasteiger partial charge in [-0.1, -0.05) is 29.8 Å². The summed E-state index contributed by atoms with van der Waals surface area (Å²) in [4.78, 5) is 11.3. The maximum atomic E-state index is 13.7. The largest absolute Gasteiger partial charge is 0.465 e. The Morgan fingerprint density at radius 2 is 1.89 bits per heavy atom. The molecular weight excluding hydrogens is 255 g/mol. The third-order valence-electron chi connectivity index (χ3n) is 2.53. The third kappa shape index (κ3) is 2.51. The van der Waals surface area contributed by atoms with Gasteiger partial charge < -0.3 is 4.74 Å². The van der Waals surface area contributed by atoms with Crippen molar-refractivity contribution < 1.29 is 13.9 Å². The fourth-order valence-corrected chi connectivity index (χ4v) is 1.83. The fraction of sp³-hybridized carbons (Fsp3) is 0.0714. The first-order chi connectivity index (χ1) is 8.61. The maximum absolute atomic E-state index is 13.7. The van der Waals surface area contributed by atoms with Crippen LogP contribution in [0.3, 0.4) is 0 Å². The second-order valence-electron chi connectivity index (χ2n) is 3.70. The van der Waals surface area contributed by atoms with Crippen molar-refractivity contribution in [3.05, 3.63) is 58.9 Å². The molecule has 4 heteroatoms. The zero-order valence-corrected chi connectivity index (χ0v) is 10.4. The molecule has 2 rings (SSSR count). The predicted octanol–water partition coefficient (Wildman–Crippen LogP) is 3.93. The highest BCUT2D eigenvalue weighted by atomic mass is 35.5. The lowest BCUT2D eigenvalue weighted by atomic mass is 10.0. The molecule has 0 amide bonds. The van der Waals surface area contributed by atoms with Crippen molar-refractivity contribution in [1.82, 2.24) is 0 Å². The number of esters is 1. The summed E-state index contributed by atoms with van der Waals surface area (Å²) >= 11 is 5.87.